The van der Waals surface area contributed by atoms with Crippen molar-refractivity contribution in [2.75, 3.05) is 7.11 Å². The highest BCUT2D eigenvalue weighted by atomic mass is 16.5. The van der Waals surface area contributed by atoms with Crippen LogP contribution >= 0.6 is 0 Å². The minimum Gasteiger partial charge on any atom is -0.497 e. The molecule has 1 heterocycles. The largest absolute Gasteiger partial charge is 0.497 e. The zero-order chi connectivity index (χ0) is 12.3. The molecule has 1 aromatic carbocycles. The monoisotopic (exact) mass is 235 g/mol. The predicted molar refractivity (Wildman–Crippen MR) is 60.9 cm³/mol. The number of hydrogen-bond acceptors (Lipinski definition) is 4. The zero-order valence-corrected chi connectivity index (χ0v) is 9.46. The fourth-order valence-electron chi connectivity index (χ4n) is 1.62. The van der Waals surface area contributed by atoms with Gasteiger partial charge in [-0.1, -0.05) is 5.21 Å². The van der Waals surface area contributed by atoms with E-state index < -0.39 is 5.97 Å². The van der Waals surface area contributed by atoms with Gasteiger partial charge in [-0.25, -0.2) is 4.68 Å². The minimum atomic E-state index is -0.795. The number of carbonyl (C=O) groups is 1. The summed E-state index contributed by atoms with van der Waals surface area (Å²) in [7, 11) is 1.60. The van der Waals surface area contributed by atoms with Crippen LogP contribution < -0.4 is 4.74 Å². The summed E-state index contributed by atoms with van der Waals surface area (Å²) in [5.74, 6) is -0.0637. The Morgan fingerprint density at radius 1 is 1.53 bits per heavy atom. The molecular formula is C11H13N3O3. The van der Waals surface area contributed by atoms with Crippen LogP contribution in [-0.2, 0) is 11.3 Å². The van der Waals surface area contributed by atoms with Gasteiger partial charge in [0.25, 0.3) is 0 Å². The Morgan fingerprint density at radius 2 is 2.35 bits per heavy atom. The Morgan fingerprint density at radius 3 is 3.06 bits per heavy atom. The number of fused-ring (bicyclic) bond motifs is 1. The van der Waals surface area contributed by atoms with E-state index in [4.69, 9.17) is 9.84 Å². The summed E-state index contributed by atoms with van der Waals surface area (Å²) >= 11 is 0. The first-order chi connectivity index (χ1) is 8.20. The molecule has 1 aromatic heterocycles. The van der Waals surface area contributed by atoms with Crippen molar-refractivity contribution in [3.05, 3.63) is 18.2 Å². The second-order valence-corrected chi connectivity index (χ2v) is 3.66. The number of aromatic nitrogens is 3. The van der Waals surface area contributed by atoms with E-state index >= 15 is 0 Å². The summed E-state index contributed by atoms with van der Waals surface area (Å²) in [5.41, 5.74) is 1.64. The van der Waals surface area contributed by atoms with Gasteiger partial charge in [0.2, 0.25) is 0 Å². The summed E-state index contributed by atoms with van der Waals surface area (Å²) in [6, 6.07) is 5.50. The smallest absolute Gasteiger partial charge is 0.303 e. The Balaban J connectivity index is 2.16. The van der Waals surface area contributed by atoms with Gasteiger partial charge in [0.15, 0.2) is 0 Å². The van der Waals surface area contributed by atoms with Crippen LogP contribution in [0.15, 0.2) is 18.2 Å². The molecular weight excluding hydrogens is 222 g/mol. The van der Waals surface area contributed by atoms with Gasteiger partial charge < -0.3 is 9.84 Å². The van der Waals surface area contributed by atoms with Crippen molar-refractivity contribution >= 4 is 17.0 Å². The lowest BCUT2D eigenvalue weighted by Crippen LogP contribution is -2.03. The van der Waals surface area contributed by atoms with Crippen LogP contribution in [0, 0.1) is 0 Å². The molecule has 0 aliphatic rings. The van der Waals surface area contributed by atoms with Crippen molar-refractivity contribution in [1.29, 1.82) is 0 Å². The Labute approximate surface area is 97.8 Å². The maximum Gasteiger partial charge on any atom is 0.303 e. The van der Waals surface area contributed by atoms with Crippen LogP contribution in [0.2, 0.25) is 0 Å². The molecule has 0 saturated carbocycles. The van der Waals surface area contributed by atoms with E-state index in [2.05, 4.69) is 10.3 Å². The summed E-state index contributed by atoms with van der Waals surface area (Å²) in [4.78, 5) is 10.4. The van der Waals surface area contributed by atoms with Gasteiger partial charge in [-0.15, -0.1) is 5.10 Å². The highest BCUT2D eigenvalue weighted by molar-refractivity contribution is 5.76. The van der Waals surface area contributed by atoms with Crippen molar-refractivity contribution < 1.29 is 14.6 Å². The van der Waals surface area contributed by atoms with Crippen molar-refractivity contribution in [1.82, 2.24) is 15.0 Å². The fraction of sp³-hybridized carbons (Fsp3) is 0.364. The van der Waals surface area contributed by atoms with Crippen molar-refractivity contribution in [3.8, 4) is 5.75 Å². The summed E-state index contributed by atoms with van der Waals surface area (Å²) in [6.07, 6.45) is 0.678. The van der Waals surface area contributed by atoms with E-state index in [1.165, 1.54) is 0 Å². The number of aryl methyl sites for hydroxylation is 1. The zero-order valence-electron chi connectivity index (χ0n) is 9.46. The van der Waals surface area contributed by atoms with Crippen molar-refractivity contribution in [2.45, 2.75) is 19.4 Å². The first kappa shape index (κ1) is 11.4. The molecule has 0 unspecified atom stereocenters. The second-order valence-electron chi connectivity index (χ2n) is 3.66. The molecule has 0 fully saturated rings. The molecule has 17 heavy (non-hydrogen) atoms. The van der Waals surface area contributed by atoms with E-state index in [9.17, 15) is 4.79 Å². The third kappa shape index (κ3) is 2.52. The van der Waals surface area contributed by atoms with Crippen LogP contribution in [0.5, 0.6) is 5.75 Å². The first-order valence-electron chi connectivity index (χ1n) is 5.30. The summed E-state index contributed by atoms with van der Waals surface area (Å²) in [5, 5.41) is 16.6. The molecule has 6 heteroatoms. The van der Waals surface area contributed by atoms with Crippen LogP contribution in [0.25, 0.3) is 11.0 Å². The minimum absolute atomic E-state index is 0.136. The molecule has 0 aliphatic heterocycles. The fourth-order valence-corrected chi connectivity index (χ4v) is 1.62. The normalized spacial score (nSPS) is 10.6. The molecule has 0 amide bonds. The maximum atomic E-state index is 10.4. The molecule has 2 rings (SSSR count). The standard InChI is InChI=1S/C11H13N3O3/c1-17-8-4-5-10-9(7-8)12-13-14(10)6-2-3-11(15)16/h4-5,7H,2-3,6H2,1H3,(H,15,16). The molecule has 0 radical (unpaired) electrons. The molecule has 1 N–H and O–H groups in total. The lowest BCUT2D eigenvalue weighted by Gasteiger charge is -2.01. The number of ether oxygens (including phenoxy) is 1. The maximum absolute atomic E-state index is 10.4. The van der Waals surface area contributed by atoms with E-state index in [0.29, 0.717) is 13.0 Å². The topological polar surface area (TPSA) is 77.2 Å². The average Bonchev–Trinajstić information content (AvgIpc) is 2.71. The third-order valence-corrected chi connectivity index (χ3v) is 2.48. The van der Waals surface area contributed by atoms with Crippen LogP contribution in [-0.4, -0.2) is 33.2 Å². The van der Waals surface area contributed by atoms with Gasteiger partial charge in [-0.05, 0) is 18.6 Å². The SMILES string of the molecule is COc1ccc2c(c1)nnn2CCCC(=O)O. The number of carboxylic acid groups (broad SMARTS) is 1. The number of benzene rings is 1. The average molecular weight is 235 g/mol. The predicted octanol–water partition coefficient (Wildman–Crippen LogP) is 1.30. The highest BCUT2D eigenvalue weighted by Gasteiger charge is 2.06. The van der Waals surface area contributed by atoms with Gasteiger partial charge in [-0.2, -0.15) is 0 Å². The third-order valence-electron chi connectivity index (χ3n) is 2.48. The van der Waals surface area contributed by atoms with E-state index in [1.54, 1.807) is 17.9 Å². The van der Waals surface area contributed by atoms with E-state index in [1.807, 2.05) is 12.1 Å². The van der Waals surface area contributed by atoms with Gasteiger partial charge in [0.1, 0.15) is 11.3 Å². The van der Waals surface area contributed by atoms with Crippen LogP contribution in [0.3, 0.4) is 0 Å². The Kier molecular flexibility index (Phi) is 3.22. The number of aliphatic carboxylic acids is 1. The second kappa shape index (κ2) is 4.82. The Hall–Kier alpha value is -2.11. The molecule has 0 atom stereocenters. The molecule has 0 aliphatic carbocycles. The summed E-state index contributed by atoms with van der Waals surface area (Å²) in [6.45, 7) is 0.551. The van der Waals surface area contributed by atoms with Gasteiger partial charge in [-0.3, -0.25) is 4.79 Å². The van der Waals surface area contributed by atoms with Gasteiger partial charge >= 0.3 is 5.97 Å². The quantitative estimate of drug-likeness (QED) is 0.845. The first-order valence-corrected chi connectivity index (χ1v) is 5.30. The lowest BCUT2D eigenvalue weighted by molar-refractivity contribution is -0.137. The molecule has 0 spiro atoms. The number of rotatable bonds is 5. The number of nitrogens with zero attached hydrogens (tertiary/aromatic N) is 3. The molecule has 6 nitrogen and oxygen atoms in total. The lowest BCUT2D eigenvalue weighted by atomic mass is 10.3. The van der Waals surface area contributed by atoms with Gasteiger partial charge in [0, 0.05) is 19.0 Å². The highest BCUT2D eigenvalue weighted by Crippen LogP contribution is 2.18. The van der Waals surface area contributed by atoms with E-state index in [-0.39, 0.29) is 6.42 Å². The molecule has 0 bridgehead atoms. The van der Waals surface area contributed by atoms with E-state index in [0.717, 1.165) is 16.8 Å². The number of hydrogen-bond donors (Lipinski definition) is 1. The van der Waals surface area contributed by atoms with Crippen LogP contribution in [0.1, 0.15) is 12.8 Å². The van der Waals surface area contributed by atoms with Gasteiger partial charge in [0.05, 0.1) is 12.6 Å². The molecule has 90 valence electrons. The molecule has 2 aromatic rings. The van der Waals surface area contributed by atoms with Crippen LogP contribution in [0.4, 0.5) is 0 Å². The Bertz CT molecular complexity index is 536. The molecule has 0 saturated heterocycles. The van der Waals surface area contributed by atoms with Crippen molar-refractivity contribution in [2.24, 2.45) is 0 Å². The summed E-state index contributed by atoms with van der Waals surface area (Å²) < 4.78 is 6.80. The number of carboxylic acids is 1. The van der Waals surface area contributed by atoms with Crippen molar-refractivity contribution in [3.63, 3.8) is 0 Å². The number of methoxy groups -OCH3 is 1.